The van der Waals surface area contributed by atoms with Gasteiger partial charge in [0.05, 0.1) is 0 Å². The molecule has 0 radical (unpaired) electrons. The number of thiophene rings is 1. The van der Waals surface area contributed by atoms with Gasteiger partial charge >= 0.3 is 0 Å². The van der Waals surface area contributed by atoms with Crippen molar-refractivity contribution in [2.75, 3.05) is 0 Å². The Balaban J connectivity index is 2.20. The van der Waals surface area contributed by atoms with Gasteiger partial charge in [-0.25, -0.2) is 0 Å². The highest BCUT2D eigenvalue weighted by atomic mass is 32.1. The van der Waals surface area contributed by atoms with Gasteiger partial charge in [-0.05, 0) is 30.5 Å². The fourth-order valence-corrected chi connectivity index (χ4v) is 1.72. The topological polar surface area (TPSA) is 9.23 Å². The zero-order valence-corrected chi connectivity index (χ0v) is 8.17. The molecule has 1 nitrogen and oxygen atoms in total. The Hall–Kier alpha value is -1.28. The molecule has 0 amide bonds. The highest BCUT2D eigenvalue weighted by Crippen LogP contribution is 2.28. The summed E-state index contributed by atoms with van der Waals surface area (Å²) in [6.45, 7) is 2.06. The lowest BCUT2D eigenvalue weighted by molar-refractivity contribution is 0.482. The van der Waals surface area contributed by atoms with E-state index in [-0.39, 0.29) is 0 Å². The lowest BCUT2D eigenvalue weighted by atomic mass is 10.3. The summed E-state index contributed by atoms with van der Waals surface area (Å²) < 4.78 is 5.66. The van der Waals surface area contributed by atoms with Gasteiger partial charge in [0, 0.05) is 4.88 Å². The summed E-state index contributed by atoms with van der Waals surface area (Å²) in [5.41, 5.74) is 0. The molecule has 0 bridgehead atoms. The molecule has 0 aliphatic rings. The monoisotopic (exact) mass is 190 g/mol. The first-order chi connectivity index (χ1) is 6.36. The quantitative estimate of drug-likeness (QED) is 0.699. The molecule has 1 aromatic heterocycles. The summed E-state index contributed by atoms with van der Waals surface area (Å²) in [6.07, 6.45) is 0. The minimum absolute atomic E-state index is 0.893. The smallest absolute Gasteiger partial charge is 0.141 e. The van der Waals surface area contributed by atoms with Crippen LogP contribution in [0.25, 0.3) is 0 Å². The van der Waals surface area contributed by atoms with Crippen molar-refractivity contribution < 1.29 is 4.74 Å². The normalized spacial score (nSPS) is 9.92. The minimum Gasteiger partial charge on any atom is -0.456 e. The highest BCUT2D eigenvalue weighted by molar-refractivity contribution is 7.10. The average Bonchev–Trinajstić information content (AvgIpc) is 2.54. The van der Waals surface area contributed by atoms with Crippen LogP contribution in [0.15, 0.2) is 41.8 Å². The Morgan fingerprint density at radius 1 is 1.08 bits per heavy atom. The molecule has 0 saturated carbocycles. The van der Waals surface area contributed by atoms with E-state index in [9.17, 15) is 0 Å². The van der Waals surface area contributed by atoms with Gasteiger partial charge in [-0.3, -0.25) is 0 Å². The SMILES string of the molecule is Cc1sccc1Oc1ccccc1. The van der Waals surface area contributed by atoms with Gasteiger partial charge < -0.3 is 4.74 Å². The van der Waals surface area contributed by atoms with Gasteiger partial charge in [0.1, 0.15) is 11.5 Å². The molecule has 0 N–H and O–H groups in total. The van der Waals surface area contributed by atoms with E-state index in [1.807, 2.05) is 41.8 Å². The number of ether oxygens (including phenoxy) is 1. The van der Waals surface area contributed by atoms with Gasteiger partial charge in [-0.2, -0.15) is 0 Å². The first kappa shape index (κ1) is 8.32. The third-order valence-corrected chi connectivity index (χ3v) is 2.61. The largest absolute Gasteiger partial charge is 0.456 e. The van der Waals surface area contributed by atoms with E-state index < -0.39 is 0 Å². The molecule has 1 heterocycles. The Morgan fingerprint density at radius 2 is 1.85 bits per heavy atom. The third-order valence-electron chi connectivity index (χ3n) is 1.78. The molecule has 2 heteroatoms. The predicted octanol–water partition coefficient (Wildman–Crippen LogP) is 3.85. The molecular formula is C11H10OS. The van der Waals surface area contributed by atoms with E-state index in [4.69, 9.17) is 4.74 Å². The molecule has 1 aromatic carbocycles. The average molecular weight is 190 g/mol. The minimum atomic E-state index is 0.893. The van der Waals surface area contributed by atoms with Crippen LogP contribution in [0, 0.1) is 6.92 Å². The van der Waals surface area contributed by atoms with Crippen LogP contribution in [0.3, 0.4) is 0 Å². The second-order valence-corrected chi connectivity index (χ2v) is 3.88. The van der Waals surface area contributed by atoms with Crippen LogP contribution in [-0.4, -0.2) is 0 Å². The summed E-state index contributed by atoms with van der Waals surface area (Å²) >= 11 is 1.70. The maximum atomic E-state index is 5.66. The van der Waals surface area contributed by atoms with E-state index >= 15 is 0 Å². The second kappa shape index (κ2) is 3.62. The van der Waals surface area contributed by atoms with Crippen molar-refractivity contribution in [2.45, 2.75) is 6.92 Å². The fourth-order valence-electron chi connectivity index (χ4n) is 1.09. The number of benzene rings is 1. The van der Waals surface area contributed by atoms with Crippen molar-refractivity contribution in [3.05, 3.63) is 46.7 Å². The van der Waals surface area contributed by atoms with Crippen LogP contribution < -0.4 is 4.74 Å². The zero-order valence-electron chi connectivity index (χ0n) is 7.36. The maximum Gasteiger partial charge on any atom is 0.141 e. The van der Waals surface area contributed by atoms with E-state index in [0.29, 0.717) is 0 Å². The lowest BCUT2D eigenvalue weighted by Gasteiger charge is -2.03. The number of aryl methyl sites for hydroxylation is 1. The van der Waals surface area contributed by atoms with Crippen molar-refractivity contribution in [1.29, 1.82) is 0 Å². The molecule has 0 unspecified atom stereocenters. The molecule has 0 saturated heterocycles. The zero-order chi connectivity index (χ0) is 9.10. The summed E-state index contributed by atoms with van der Waals surface area (Å²) in [5, 5.41) is 2.04. The van der Waals surface area contributed by atoms with Gasteiger partial charge in [0.15, 0.2) is 0 Å². The number of hydrogen-bond donors (Lipinski definition) is 0. The van der Waals surface area contributed by atoms with E-state index in [1.54, 1.807) is 11.3 Å². The molecule has 2 rings (SSSR count). The van der Waals surface area contributed by atoms with Gasteiger partial charge in [-0.15, -0.1) is 11.3 Å². The van der Waals surface area contributed by atoms with Crippen LogP contribution in [-0.2, 0) is 0 Å². The summed E-state index contributed by atoms with van der Waals surface area (Å²) in [5.74, 6) is 1.85. The Kier molecular flexibility index (Phi) is 2.32. The van der Waals surface area contributed by atoms with Gasteiger partial charge in [0.2, 0.25) is 0 Å². The van der Waals surface area contributed by atoms with Gasteiger partial charge in [0.25, 0.3) is 0 Å². The van der Waals surface area contributed by atoms with E-state index in [1.165, 1.54) is 4.88 Å². The Morgan fingerprint density at radius 3 is 2.46 bits per heavy atom. The molecular weight excluding hydrogens is 180 g/mol. The third kappa shape index (κ3) is 1.90. The molecule has 0 spiro atoms. The van der Waals surface area contributed by atoms with Crippen LogP contribution >= 0.6 is 11.3 Å². The second-order valence-electron chi connectivity index (χ2n) is 2.76. The van der Waals surface area contributed by atoms with Crippen molar-refractivity contribution in [1.82, 2.24) is 0 Å². The molecule has 0 atom stereocenters. The van der Waals surface area contributed by atoms with Crippen LogP contribution in [0.4, 0.5) is 0 Å². The highest BCUT2D eigenvalue weighted by Gasteiger charge is 2.00. The Labute approximate surface area is 81.6 Å². The van der Waals surface area contributed by atoms with Crippen LogP contribution in [0.5, 0.6) is 11.5 Å². The lowest BCUT2D eigenvalue weighted by Crippen LogP contribution is -1.81. The van der Waals surface area contributed by atoms with Gasteiger partial charge in [-0.1, -0.05) is 18.2 Å². The molecule has 66 valence electrons. The van der Waals surface area contributed by atoms with E-state index in [0.717, 1.165) is 11.5 Å². The summed E-state index contributed by atoms with van der Waals surface area (Å²) in [7, 11) is 0. The van der Waals surface area contributed by atoms with Crippen LogP contribution in [0.1, 0.15) is 4.88 Å². The molecule has 2 aromatic rings. The van der Waals surface area contributed by atoms with Crippen LogP contribution in [0.2, 0.25) is 0 Å². The Bertz CT molecular complexity index is 378. The standard InChI is InChI=1S/C11H10OS/c1-9-11(7-8-13-9)12-10-5-3-2-4-6-10/h2-8H,1H3. The number of rotatable bonds is 2. The van der Waals surface area contributed by atoms with E-state index in [2.05, 4.69) is 6.92 Å². The molecule has 0 aliphatic heterocycles. The fraction of sp³-hybridized carbons (Fsp3) is 0.0909. The maximum absolute atomic E-state index is 5.66. The molecule has 0 fully saturated rings. The molecule has 0 aliphatic carbocycles. The van der Waals surface area contributed by atoms with Crippen molar-refractivity contribution in [3.63, 3.8) is 0 Å². The van der Waals surface area contributed by atoms with Crippen molar-refractivity contribution in [3.8, 4) is 11.5 Å². The first-order valence-electron chi connectivity index (χ1n) is 4.13. The first-order valence-corrected chi connectivity index (χ1v) is 5.01. The summed E-state index contributed by atoms with van der Waals surface area (Å²) in [6, 6.07) is 11.8. The number of hydrogen-bond acceptors (Lipinski definition) is 2. The van der Waals surface area contributed by atoms with Crippen molar-refractivity contribution in [2.24, 2.45) is 0 Å². The van der Waals surface area contributed by atoms with Crippen molar-refractivity contribution >= 4 is 11.3 Å². The summed E-state index contributed by atoms with van der Waals surface area (Å²) in [4.78, 5) is 1.21. The number of para-hydroxylation sites is 1. The predicted molar refractivity (Wildman–Crippen MR) is 55.6 cm³/mol. The molecule has 13 heavy (non-hydrogen) atoms.